The molecular formula is C17H18ClN3O7Se. The van der Waals surface area contributed by atoms with Crippen LogP contribution in [-0.4, -0.2) is 58.2 Å². The summed E-state index contributed by atoms with van der Waals surface area (Å²) in [6.07, 6.45) is -0.692. The van der Waals surface area contributed by atoms with Crippen LogP contribution in [0.4, 0.5) is 0 Å². The molecule has 0 radical (unpaired) electrons. The minimum absolute atomic E-state index is 0.0706. The van der Waals surface area contributed by atoms with Crippen molar-refractivity contribution in [3.8, 4) is 0 Å². The van der Waals surface area contributed by atoms with E-state index in [0.717, 1.165) is 0 Å². The molecule has 0 saturated carbocycles. The minimum atomic E-state index is -4.82. The van der Waals surface area contributed by atoms with Gasteiger partial charge in [0.05, 0.1) is 0 Å². The number of esters is 2. The molecule has 2 heterocycles. The van der Waals surface area contributed by atoms with Gasteiger partial charge >= 0.3 is 173 Å². The molecule has 1 aliphatic rings. The number of carbonyl (C=O) groups excluding carboxylic acids is 2. The van der Waals surface area contributed by atoms with Gasteiger partial charge in [0.1, 0.15) is 0 Å². The van der Waals surface area contributed by atoms with E-state index in [1.54, 1.807) is 0 Å². The van der Waals surface area contributed by atoms with Gasteiger partial charge < -0.3 is 0 Å². The van der Waals surface area contributed by atoms with Crippen molar-refractivity contribution in [3.63, 3.8) is 0 Å². The first-order valence-corrected chi connectivity index (χ1v) is 12.0. The molecule has 0 unspecified atom stereocenters. The van der Waals surface area contributed by atoms with Crippen molar-refractivity contribution in [2.45, 2.75) is 38.7 Å². The van der Waals surface area contributed by atoms with Gasteiger partial charge in [-0.15, -0.1) is 0 Å². The van der Waals surface area contributed by atoms with Gasteiger partial charge in [0.15, 0.2) is 0 Å². The zero-order chi connectivity index (χ0) is 21.2. The molecule has 0 amide bonds. The Balaban J connectivity index is 1.79. The first kappa shape index (κ1) is 21.4. The van der Waals surface area contributed by atoms with Crippen LogP contribution in [0.2, 0.25) is 5.02 Å². The van der Waals surface area contributed by atoms with E-state index in [2.05, 4.69) is 10.1 Å². The number of rotatable bonds is 6. The molecule has 0 N–H and O–H groups in total. The zero-order valence-electron chi connectivity index (χ0n) is 15.5. The standard InChI is InChI=1S/C17H18ClN3O7Se/c1-10(22)26-8-15-14(27-11(2)23)7-16(28-15)21-9-19-17(20-21)29(24,25)13-5-3-12(18)4-6-13/h3-6,9,14-16H,7-8H2,1-2H3/t14-,15+,16+/m0/s1. The Morgan fingerprint density at radius 3 is 2.55 bits per heavy atom. The summed E-state index contributed by atoms with van der Waals surface area (Å²) >= 11 is 0.981. The van der Waals surface area contributed by atoms with Crippen LogP contribution in [0.5, 0.6) is 0 Å². The van der Waals surface area contributed by atoms with Gasteiger partial charge in [0, 0.05) is 0 Å². The van der Waals surface area contributed by atoms with E-state index in [-0.39, 0.29) is 22.2 Å². The third-order valence-corrected chi connectivity index (χ3v) is 7.62. The Kier molecular flexibility index (Phi) is 6.33. The van der Waals surface area contributed by atoms with E-state index in [1.165, 1.54) is 49.1 Å². The van der Waals surface area contributed by atoms with Gasteiger partial charge in [-0.25, -0.2) is 0 Å². The molecule has 3 rings (SSSR count). The molecule has 1 saturated heterocycles. The number of halogens is 1. The summed E-state index contributed by atoms with van der Waals surface area (Å²) in [5.41, 5.74) is 0. The van der Waals surface area contributed by atoms with Crippen molar-refractivity contribution in [2.24, 2.45) is 0 Å². The van der Waals surface area contributed by atoms with Crippen molar-refractivity contribution in [2.75, 3.05) is 6.61 Å². The second-order valence-electron chi connectivity index (χ2n) is 6.28. The summed E-state index contributed by atoms with van der Waals surface area (Å²) < 4.78 is 42.4. The Hall–Kier alpha value is -2.33. The zero-order valence-corrected chi connectivity index (χ0v) is 18.0. The Bertz CT molecular complexity index is 1010. The average Bonchev–Trinajstić information content (AvgIpc) is 3.27. The average molecular weight is 491 g/mol. The molecule has 0 aliphatic carbocycles. The molecule has 1 aromatic heterocycles. The Labute approximate surface area is 172 Å². The maximum absolute atomic E-state index is 12.7. The summed E-state index contributed by atoms with van der Waals surface area (Å²) in [5, 5.41) is 4.46. The van der Waals surface area contributed by atoms with Gasteiger partial charge in [-0.3, -0.25) is 0 Å². The van der Waals surface area contributed by atoms with Crippen LogP contribution in [0, 0.1) is 0 Å². The first-order valence-electron chi connectivity index (χ1n) is 8.54. The SMILES string of the molecule is CC(=O)OC[C@H]1O[C@@H](n2cnc([Se](=O)(=O)c3ccc(Cl)cc3)n2)C[C@@H]1OC(C)=O. The van der Waals surface area contributed by atoms with Crippen LogP contribution in [0.1, 0.15) is 26.5 Å². The van der Waals surface area contributed by atoms with E-state index in [9.17, 15) is 17.3 Å². The van der Waals surface area contributed by atoms with Crippen LogP contribution in [0.15, 0.2) is 30.6 Å². The summed E-state index contributed by atoms with van der Waals surface area (Å²) in [5.74, 6) is -1.01. The van der Waals surface area contributed by atoms with Gasteiger partial charge in [-0.1, -0.05) is 0 Å². The molecule has 0 bridgehead atoms. The van der Waals surface area contributed by atoms with Crippen molar-refractivity contribution in [1.82, 2.24) is 14.8 Å². The molecule has 3 atom stereocenters. The summed E-state index contributed by atoms with van der Waals surface area (Å²) in [7, 11) is 0. The summed E-state index contributed by atoms with van der Waals surface area (Å²) in [6.45, 7) is 2.39. The molecule has 29 heavy (non-hydrogen) atoms. The Morgan fingerprint density at radius 1 is 1.24 bits per heavy atom. The van der Waals surface area contributed by atoms with Crippen LogP contribution in [0.25, 0.3) is 0 Å². The fraction of sp³-hybridized carbons (Fsp3) is 0.412. The van der Waals surface area contributed by atoms with E-state index in [1.807, 2.05) is 0 Å². The molecule has 0 spiro atoms. The first-order chi connectivity index (χ1) is 13.7. The van der Waals surface area contributed by atoms with Crippen molar-refractivity contribution in [1.29, 1.82) is 0 Å². The van der Waals surface area contributed by atoms with Gasteiger partial charge in [0.2, 0.25) is 0 Å². The van der Waals surface area contributed by atoms with Crippen LogP contribution in [-0.2, 0) is 31.5 Å². The third-order valence-electron chi connectivity index (χ3n) is 4.10. The van der Waals surface area contributed by atoms with E-state index >= 15 is 0 Å². The van der Waals surface area contributed by atoms with E-state index < -0.39 is 43.1 Å². The number of benzene rings is 1. The fourth-order valence-electron chi connectivity index (χ4n) is 2.79. The molecular weight excluding hydrogens is 473 g/mol. The third kappa shape index (κ3) is 4.99. The van der Waals surface area contributed by atoms with Crippen molar-refractivity contribution < 1.29 is 31.5 Å². The maximum atomic E-state index is 12.7. The summed E-state index contributed by atoms with van der Waals surface area (Å²) in [6, 6.07) is 5.72. The van der Waals surface area contributed by atoms with Crippen molar-refractivity contribution >= 4 is 45.4 Å². The van der Waals surface area contributed by atoms with Gasteiger partial charge in [-0.2, -0.15) is 0 Å². The molecule has 156 valence electrons. The van der Waals surface area contributed by atoms with E-state index in [4.69, 9.17) is 25.8 Å². The number of ether oxygens (including phenoxy) is 3. The molecule has 2 aromatic rings. The molecule has 1 fully saturated rings. The number of aromatic nitrogens is 3. The van der Waals surface area contributed by atoms with E-state index in [0.29, 0.717) is 5.02 Å². The normalized spacial score (nSPS) is 21.7. The number of hydrogen-bond donors (Lipinski definition) is 0. The molecule has 12 heteroatoms. The fourth-order valence-corrected chi connectivity index (χ4v) is 5.21. The number of carbonyl (C=O) groups is 2. The van der Waals surface area contributed by atoms with Crippen LogP contribution >= 0.6 is 11.6 Å². The number of nitrogens with zero attached hydrogens (tertiary/aromatic N) is 3. The number of hydrogen-bond acceptors (Lipinski definition) is 9. The van der Waals surface area contributed by atoms with Crippen LogP contribution < -0.4 is 9.18 Å². The quantitative estimate of drug-likeness (QED) is 0.410. The topological polar surface area (TPSA) is 127 Å². The second-order valence-corrected chi connectivity index (χ2v) is 10.6. The predicted octanol–water partition coefficient (Wildman–Crippen LogP) is 0.131. The Morgan fingerprint density at radius 2 is 1.93 bits per heavy atom. The van der Waals surface area contributed by atoms with Crippen LogP contribution in [0.3, 0.4) is 0 Å². The molecule has 1 aromatic carbocycles. The van der Waals surface area contributed by atoms with Gasteiger partial charge in [0.25, 0.3) is 0 Å². The summed E-state index contributed by atoms with van der Waals surface area (Å²) in [4.78, 5) is 26.3. The van der Waals surface area contributed by atoms with Gasteiger partial charge in [-0.05, 0) is 0 Å². The molecule has 10 nitrogen and oxygen atoms in total. The van der Waals surface area contributed by atoms with Crippen molar-refractivity contribution in [3.05, 3.63) is 35.6 Å². The molecule has 1 aliphatic heterocycles. The monoisotopic (exact) mass is 491 g/mol. The second kappa shape index (κ2) is 8.58. The predicted molar refractivity (Wildman–Crippen MR) is 98.6 cm³/mol.